The molecule has 1 aromatic heterocycles. The van der Waals surface area contributed by atoms with Crippen LogP contribution in [0.5, 0.6) is 0 Å². The maximum Gasteiger partial charge on any atom is 0.364 e. The molecular formula is C19H18ClN2O6P. The van der Waals surface area contributed by atoms with Gasteiger partial charge < -0.3 is 14.4 Å². The predicted octanol–water partition coefficient (Wildman–Crippen LogP) is 4.38. The number of rotatable bonds is 6. The Hall–Kier alpha value is -2.51. The number of hydrogen-bond acceptors (Lipinski definition) is 5. The Morgan fingerprint density at radius 3 is 2.52 bits per heavy atom. The maximum atomic E-state index is 12.6. The molecular weight excluding hydrogens is 419 g/mol. The summed E-state index contributed by atoms with van der Waals surface area (Å²) in [5, 5.41) is 11.3. The zero-order chi connectivity index (χ0) is 21.3. The van der Waals surface area contributed by atoms with E-state index in [2.05, 4.69) is 4.98 Å². The molecule has 3 rings (SSSR count). The molecule has 0 aliphatic heterocycles. The zero-order valence-corrected chi connectivity index (χ0v) is 17.2. The third-order valence-electron chi connectivity index (χ3n) is 4.50. The molecule has 2 N–H and O–H groups in total. The fourth-order valence-corrected chi connectivity index (χ4v) is 4.42. The SMILES string of the molecule is CCC(C)OP(=O)(O)c1cc2cc(-c3ccc([N+](=O)[O-])cc3)c(Cl)cc2[nH]c1=O. The number of nitro benzene ring substituents is 1. The van der Waals surface area contributed by atoms with Crippen LogP contribution in [0.15, 0.2) is 47.3 Å². The van der Waals surface area contributed by atoms with Crippen molar-refractivity contribution in [3.8, 4) is 11.1 Å². The van der Waals surface area contributed by atoms with Crippen LogP contribution in [-0.2, 0) is 9.09 Å². The van der Waals surface area contributed by atoms with E-state index in [4.69, 9.17) is 16.1 Å². The van der Waals surface area contributed by atoms with Crippen molar-refractivity contribution in [1.82, 2.24) is 4.98 Å². The Labute approximate surface area is 170 Å². The summed E-state index contributed by atoms with van der Waals surface area (Å²) >= 11 is 6.32. The van der Waals surface area contributed by atoms with Crippen molar-refractivity contribution in [1.29, 1.82) is 0 Å². The van der Waals surface area contributed by atoms with Gasteiger partial charge in [0.25, 0.3) is 11.2 Å². The molecule has 2 unspecified atom stereocenters. The van der Waals surface area contributed by atoms with Gasteiger partial charge in [0, 0.05) is 23.2 Å². The first-order valence-corrected chi connectivity index (χ1v) is 10.7. The summed E-state index contributed by atoms with van der Waals surface area (Å²) in [6, 6.07) is 10.3. The van der Waals surface area contributed by atoms with Crippen LogP contribution in [0.2, 0.25) is 5.02 Å². The Bertz CT molecular complexity index is 1190. The molecule has 3 aromatic rings. The van der Waals surface area contributed by atoms with Crippen LogP contribution in [0.3, 0.4) is 0 Å². The largest absolute Gasteiger partial charge is 0.364 e. The fourth-order valence-electron chi connectivity index (χ4n) is 2.79. The molecule has 0 spiro atoms. The minimum atomic E-state index is -4.33. The first-order chi connectivity index (χ1) is 13.6. The van der Waals surface area contributed by atoms with E-state index in [-0.39, 0.29) is 11.0 Å². The van der Waals surface area contributed by atoms with E-state index >= 15 is 0 Å². The summed E-state index contributed by atoms with van der Waals surface area (Å²) in [4.78, 5) is 35.5. The summed E-state index contributed by atoms with van der Waals surface area (Å²) in [5.74, 6) is 0. The molecule has 1 heterocycles. The molecule has 0 saturated carbocycles. The van der Waals surface area contributed by atoms with Crippen molar-refractivity contribution in [3.63, 3.8) is 0 Å². The highest BCUT2D eigenvalue weighted by molar-refractivity contribution is 7.61. The van der Waals surface area contributed by atoms with E-state index in [0.29, 0.717) is 33.5 Å². The van der Waals surface area contributed by atoms with Crippen LogP contribution in [0.1, 0.15) is 20.3 Å². The molecule has 0 bridgehead atoms. The number of pyridine rings is 1. The van der Waals surface area contributed by atoms with E-state index in [1.54, 1.807) is 32.0 Å². The fraction of sp³-hybridized carbons (Fsp3) is 0.211. The molecule has 2 atom stereocenters. The molecule has 0 radical (unpaired) electrons. The van der Waals surface area contributed by atoms with Gasteiger partial charge in [-0.15, -0.1) is 0 Å². The van der Waals surface area contributed by atoms with Gasteiger partial charge in [0.2, 0.25) is 0 Å². The van der Waals surface area contributed by atoms with Crippen molar-refractivity contribution in [2.75, 3.05) is 0 Å². The smallest absolute Gasteiger partial charge is 0.321 e. The third kappa shape index (κ3) is 4.41. The zero-order valence-electron chi connectivity index (χ0n) is 15.6. The molecule has 8 nitrogen and oxygen atoms in total. The van der Waals surface area contributed by atoms with Gasteiger partial charge >= 0.3 is 7.60 Å². The average Bonchev–Trinajstić information content (AvgIpc) is 2.66. The number of benzene rings is 2. The van der Waals surface area contributed by atoms with Crippen LogP contribution in [0.4, 0.5) is 5.69 Å². The second-order valence-corrected chi connectivity index (χ2v) is 8.69. The molecule has 0 fully saturated rings. The van der Waals surface area contributed by atoms with E-state index in [0.717, 1.165) is 0 Å². The topological polar surface area (TPSA) is 123 Å². The highest BCUT2D eigenvalue weighted by Crippen LogP contribution is 2.42. The number of nitrogens with one attached hydrogen (secondary N) is 1. The molecule has 0 amide bonds. The number of hydrogen-bond donors (Lipinski definition) is 2. The molecule has 0 aliphatic carbocycles. The average molecular weight is 437 g/mol. The predicted molar refractivity (Wildman–Crippen MR) is 112 cm³/mol. The van der Waals surface area contributed by atoms with Crippen LogP contribution in [0, 0.1) is 10.1 Å². The third-order valence-corrected chi connectivity index (χ3v) is 6.40. The minimum absolute atomic E-state index is 0.0549. The summed E-state index contributed by atoms with van der Waals surface area (Å²) < 4.78 is 17.8. The van der Waals surface area contributed by atoms with E-state index in [1.807, 2.05) is 0 Å². The van der Waals surface area contributed by atoms with Crippen LogP contribution < -0.4 is 10.9 Å². The van der Waals surface area contributed by atoms with Crippen molar-refractivity contribution < 1.29 is 18.9 Å². The number of H-pyrrole nitrogens is 1. The molecule has 0 aliphatic rings. The van der Waals surface area contributed by atoms with Gasteiger partial charge in [-0.25, -0.2) is 0 Å². The van der Waals surface area contributed by atoms with E-state index in [9.17, 15) is 24.4 Å². The lowest BCUT2D eigenvalue weighted by atomic mass is 10.0. The normalized spacial score (nSPS) is 14.5. The Morgan fingerprint density at radius 2 is 1.93 bits per heavy atom. The van der Waals surface area contributed by atoms with Gasteiger partial charge in [0.05, 0.1) is 16.0 Å². The number of non-ortho nitro benzene ring substituents is 1. The van der Waals surface area contributed by atoms with Crippen molar-refractivity contribution in [3.05, 3.63) is 68.0 Å². The molecule has 0 saturated heterocycles. The number of aromatic nitrogens is 1. The first-order valence-electron chi connectivity index (χ1n) is 8.75. The quantitative estimate of drug-likeness (QED) is 0.336. The van der Waals surface area contributed by atoms with Gasteiger partial charge in [-0.05, 0) is 54.6 Å². The second-order valence-electron chi connectivity index (χ2n) is 6.55. The van der Waals surface area contributed by atoms with Crippen molar-refractivity contribution >= 4 is 41.1 Å². The molecule has 152 valence electrons. The van der Waals surface area contributed by atoms with Crippen molar-refractivity contribution in [2.45, 2.75) is 26.4 Å². The summed E-state index contributed by atoms with van der Waals surface area (Å²) in [6.07, 6.45) is 0.0115. The lowest BCUT2D eigenvalue weighted by Crippen LogP contribution is -2.29. The maximum absolute atomic E-state index is 12.6. The van der Waals surface area contributed by atoms with Crippen LogP contribution in [0.25, 0.3) is 22.0 Å². The van der Waals surface area contributed by atoms with Crippen LogP contribution in [-0.4, -0.2) is 20.9 Å². The molecule has 10 heteroatoms. The number of halogens is 1. The number of nitro groups is 1. The molecule has 2 aromatic carbocycles. The number of aromatic amines is 1. The lowest BCUT2D eigenvalue weighted by Gasteiger charge is -2.17. The number of fused-ring (bicyclic) bond motifs is 1. The van der Waals surface area contributed by atoms with Gasteiger partial charge in [-0.1, -0.05) is 18.5 Å². The lowest BCUT2D eigenvalue weighted by molar-refractivity contribution is -0.384. The Kier molecular flexibility index (Phi) is 5.91. The van der Waals surface area contributed by atoms with E-state index < -0.39 is 24.2 Å². The highest BCUT2D eigenvalue weighted by Gasteiger charge is 2.29. The van der Waals surface area contributed by atoms with Gasteiger partial charge in [-0.2, -0.15) is 0 Å². The van der Waals surface area contributed by atoms with Crippen LogP contribution >= 0.6 is 19.2 Å². The van der Waals surface area contributed by atoms with E-state index in [1.165, 1.54) is 24.3 Å². The number of nitrogens with zero attached hydrogens (tertiary/aromatic N) is 1. The molecule has 29 heavy (non-hydrogen) atoms. The van der Waals surface area contributed by atoms with Gasteiger partial charge in [-0.3, -0.25) is 19.5 Å². The summed E-state index contributed by atoms with van der Waals surface area (Å²) in [5.41, 5.74) is 0.783. The Balaban J connectivity index is 2.12. The first kappa shape index (κ1) is 21.2. The standard InChI is InChI=1S/C19H18ClN2O6P/c1-3-11(2)28-29(26,27)18-9-13-8-15(16(20)10-17(13)21-19(18)23)12-4-6-14(7-5-12)22(24)25/h4-11H,3H2,1-2H3,(H,21,23)(H,26,27). The summed E-state index contributed by atoms with van der Waals surface area (Å²) in [6.45, 7) is 3.44. The highest BCUT2D eigenvalue weighted by atomic mass is 35.5. The van der Waals surface area contributed by atoms with Crippen molar-refractivity contribution in [2.24, 2.45) is 0 Å². The Morgan fingerprint density at radius 1 is 1.28 bits per heavy atom. The van der Waals surface area contributed by atoms with Gasteiger partial charge in [0.1, 0.15) is 5.30 Å². The summed E-state index contributed by atoms with van der Waals surface area (Å²) in [7, 11) is -4.33. The van der Waals surface area contributed by atoms with Gasteiger partial charge in [0.15, 0.2) is 0 Å². The monoisotopic (exact) mass is 436 g/mol. The minimum Gasteiger partial charge on any atom is -0.321 e. The second kappa shape index (κ2) is 8.08.